The van der Waals surface area contributed by atoms with E-state index in [2.05, 4.69) is 9.97 Å². The van der Waals surface area contributed by atoms with Crippen molar-refractivity contribution in [3.05, 3.63) is 48.0 Å². The molecule has 2 heterocycles. The van der Waals surface area contributed by atoms with Gasteiger partial charge in [-0.05, 0) is 24.3 Å². The highest BCUT2D eigenvalue weighted by Crippen LogP contribution is 2.21. The van der Waals surface area contributed by atoms with Crippen LogP contribution in [0.5, 0.6) is 0 Å². The molecule has 0 saturated carbocycles. The van der Waals surface area contributed by atoms with Gasteiger partial charge < -0.3 is 15.1 Å². The number of aromatic amines is 2. The topological polar surface area (TPSA) is 68.9 Å². The molecule has 2 aromatic rings. The molecule has 0 bridgehead atoms. The molecule has 0 aromatic carbocycles. The fourth-order valence-electron chi connectivity index (χ4n) is 1.48. The highest BCUT2D eigenvalue weighted by Gasteiger charge is 2.23. The Morgan fingerprint density at radius 3 is 1.93 bits per heavy atom. The number of aromatic nitrogens is 2. The summed E-state index contributed by atoms with van der Waals surface area (Å²) in [5.74, 6) is -1.50. The molecular weight excluding hydrogens is 180 g/mol. The van der Waals surface area contributed by atoms with E-state index >= 15 is 0 Å². The van der Waals surface area contributed by atoms with Gasteiger partial charge in [0.05, 0.1) is 0 Å². The van der Waals surface area contributed by atoms with Crippen LogP contribution in [0.3, 0.4) is 0 Å². The van der Waals surface area contributed by atoms with Gasteiger partial charge in [-0.2, -0.15) is 0 Å². The van der Waals surface area contributed by atoms with Crippen molar-refractivity contribution in [2.75, 3.05) is 0 Å². The Labute approximate surface area is 80.6 Å². The van der Waals surface area contributed by atoms with E-state index in [1.807, 2.05) is 0 Å². The Morgan fingerprint density at radius 2 is 1.64 bits per heavy atom. The van der Waals surface area contributed by atoms with Crippen LogP contribution in [-0.4, -0.2) is 21.0 Å². The van der Waals surface area contributed by atoms with Crippen molar-refractivity contribution in [1.29, 1.82) is 0 Å². The van der Waals surface area contributed by atoms with Crippen LogP contribution in [0.25, 0.3) is 0 Å². The SMILES string of the molecule is O=C(O)C(c1ccc[nH]1)c1ccc[nH]1. The monoisotopic (exact) mass is 190 g/mol. The summed E-state index contributed by atoms with van der Waals surface area (Å²) in [4.78, 5) is 16.9. The van der Waals surface area contributed by atoms with Crippen molar-refractivity contribution >= 4 is 5.97 Å². The van der Waals surface area contributed by atoms with Crippen LogP contribution in [0.15, 0.2) is 36.7 Å². The number of hydrogen-bond acceptors (Lipinski definition) is 1. The van der Waals surface area contributed by atoms with Gasteiger partial charge in [-0.25, -0.2) is 0 Å². The zero-order valence-electron chi connectivity index (χ0n) is 7.40. The maximum Gasteiger partial charge on any atom is 0.318 e. The van der Waals surface area contributed by atoms with Crippen molar-refractivity contribution < 1.29 is 9.90 Å². The van der Waals surface area contributed by atoms with Crippen molar-refractivity contribution in [2.24, 2.45) is 0 Å². The molecule has 0 radical (unpaired) electrons. The number of hydrogen-bond donors (Lipinski definition) is 3. The first kappa shape index (κ1) is 8.62. The van der Waals surface area contributed by atoms with Crippen LogP contribution in [0.1, 0.15) is 17.3 Å². The number of nitrogens with one attached hydrogen (secondary N) is 2. The summed E-state index contributed by atoms with van der Waals surface area (Å²) in [6.07, 6.45) is 3.43. The van der Waals surface area contributed by atoms with E-state index in [1.165, 1.54) is 0 Å². The van der Waals surface area contributed by atoms with Crippen molar-refractivity contribution in [3.63, 3.8) is 0 Å². The second kappa shape index (κ2) is 3.41. The van der Waals surface area contributed by atoms with Gasteiger partial charge in [0.1, 0.15) is 5.92 Å². The van der Waals surface area contributed by atoms with E-state index in [-0.39, 0.29) is 0 Å². The smallest absolute Gasteiger partial charge is 0.318 e. The fourth-order valence-corrected chi connectivity index (χ4v) is 1.48. The predicted molar refractivity (Wildman–Crippen MR) is 51.1 cm³/mol. The summed E-state index contributed by atoms with van der Waals surface area (Å²) < 4.78 is 0. The van der Waals surface area contributed by atoms with Crippen LogP contribution < -0.4 is 0 Å². The Bertz CT molecular complexity index is 369. The summed E-state index contributed by atoms with van der Waals surface area (Å²) in [7, 11) is 0. The van der Waals surface area contributed by atoms with E-state index in [1.54, 1.807) is 36.7 Å². The average molecular weight is 190 g/mol. The zero-order chi connectivity index (χ0) is 9.97. The number of H-pyrrole nitrogens is 2. The van der Waals surface area contributed by atoms with Gasteiger partial charge in [-0.1, -0.05) is 0 Å². The van der Waals surface area contributed by atoms with Crippen LogP contribution in [-0.2, 0) is 4.79 Å². The minimum absolute atomic E-state index is 0.639. The van der Waals surface area contributed by atoms with Gasteiger partial charge >= 0.3 is 5.97 Å². The molecule has 3 N–H and O–H groups in total. The third kappa shape index (κ3) is 1.42. The predicted octanol–water partition coefficient (Wildman–Crippen LogP) is 1.56. The fraction of sp³-hybridized carbons (Fsp3) is 0.100. The zero-order valence-corrected chi connectivity index (χ0v) is 7.40. The summed E-state index contributed by atoms with van der Waals surface area (Å²) in [5, 5.41) is 9.08. The van der Waals surface area contributed by atoms with Crippen molar-refractivity contribution in [3.8, 4) is 0 Å². The molecule has 4 heteroatoms. The summed E-state index contributed by atoms with van der Waals surface area (Å²) in [6.45, 7) is 0. The molecule has 0 atom stereocenters. The third-order valence-electron chi connectivity index (χ3n) is 2.11. The first-order valence-electron chi connectivity index (χ1n) is 4.28. The number of aliphatic carboxylic acids is 1. The number of carbonyl (C=O) groups is 1. The van der Waals surface area contributed by atoms with E-state index in [0.717, 1.165) is 0 Å². The summed E-state index contributed by atoms with van der Waals surface area (Å²) in [5.41, 5.74) is 1.36. The van der Waals surface area contributed by atoms with Gasteiger partial charge in [-0.3, -0.25) is 4.79 Å². The Kier molecular flexibility index (Phi) is 2.10. The second-order valence-electron chi connectivity index (χ2n) is 3.02. The molecule has 4 nitrogen and oxygen atoms in total. The molecule has 0 aliphatic carbocycles. The van der Waals surface area contributed by atoms with E-state index in [9.17, 15) is 4.79 Å². The van der Waals surface area contributed by atoms with Crippen molar-refractivity contribution in [2.45, 2.75) is 5.92 Å². The van der Waals surface area contributed by atoms with E-state index in [0.29, 0.717) is 11.4 Å². The van der Waals surface area contributed by atoms with E-state index in [4.69, 9.17) is 5.11 Å². The summed E-state index contributed by atoms with van der Waals surface area (Å²) in [6, 6.07) is 7.10. The second-order valence-corrected chi connectivity index (χ2v) is 3.02. The molecule has 0 aliphatic rings. The maximum atomic E-state index is 11.1. The Balaban J connectivity index is 2.40. The van der Waals surface area contributed by atoms with Gasteiger partial charge in [0, 0.05) is 23.8 Å². The lowest BCUT2D eigenvalue weighted by Crippen LogP contribution is -2.13. The largest absolute Gasteiger partial charge is 0.480 e. The van der Waals surface area contributed by atoms with Crippen LogP contribution in [0, 0.1) is 0 Å². The molecule has 14 heavy (non-hydrogen) atoms. The van der Waals surface area contributed by atoms with E-state index < -0.39 is 11.9 Å². The minimum atomic E-state index is -0.866. The molecule has 2 rings (SSSR count). The quantitative estimate of drug-likeness (QED) is 0.687. The van der Waals surface area contributed by atoms with Gasteiger partial charge in [-0.15, -0.1) is 0 Å². The molecule has 0 unspecified atom stereocenters. The van der Waals surface area contributed by atoms with Gasteiger partial charge in [0.25, 0.3) is 0 Å². The Morgan fingerprint density at radius 1 is 1.14 bits per heavy atom. The number of carboxylic acid groups (broad SMARTS) is 1. The minimum Gasteiger partial charge on any atom is -0.480 e. The van der Waals surface area contributed by atoms with Crippen LogP contribution in [0.2, 0.25) is 0 Å². The molecular formula is C10H10N2O2. The molecule has 0 aliphatic heterocycles. The van der Waals surface area contributed by atoms with Crippen LogP contribution >= 0.6 is 0 Å². The molecule has 2 aromatic heterocycles. The van der Waals surface area contributed by atoms with Crippen molar-refractivity contribution in [1.82, 2.24) is 9.97 Å². The molecule has 0 spiro atoms. The first-order valence-corrected chi connectivity index (χ1v) is 4.28. The standard InChI is InChI=1S/C10H10N2O2/c13-10(14)9(7-3-1-5-11-7)8-4-2-6-12-8/h1-6,9,11-12H,(H,13,14). The number of rotatable bonds is 3. The van der Waals surface area contributed by atoms with Gasteiger partial charge in [0.15, 0.2) is 0 Å². The maximum absolute atomic E-state index is 11.1. The lowest BCUT2D eigenvalue weighted by molar-refractivity contribution is -0.137. The highest BCUT2D eigenvalue weighted by atomic mass is 16.4. The normalized spacial score (nSPS) is 10.6. The van der Waals surface area contributed by atoms with Crippen LogP contribution in [0.4, 0.5) is 0 Å². The molecule has 0 amide bonds. The molecule has 72 valence electrons. The van der Waals surface area contributed by atoms with Gasteiger partial charge in [0.2, 0.25) is 0 Å². The highest BCUT2D eigenvalue weighted by molar-refractivity contribution is 5.79. The lowest BCUT2D eigenvalue weighted by atomic mass is 10.0. The first-order chi connectivity index (χ1) is 6.79. The third-order valence-corrected chi connectivity index (χ3v) is 2.11. The molecule has 0 saturated heterocycles. The summed E-state index contributed by atoms with van der Waals surface area (Å²) >= 11 is 0. The number of carboxylic acids is 1. The lowest BCUT2D eigenvalue weighted by Gasteiger charge is -2.08. The average Bonchev–Trinajstić information content (AvgIpc) is 2.75. The Hall–Kier alpha value is -1.97. The molecule has 0 fully saturated rings.